The molecule has 148 valence electrons. The summed E-state index contributed by atoms with van der Waals surface area (Å²) in [6.07, 6.45) is 4.10. The standard InChI is InChI=1S/C19H21N3O6/c1-14(18(23)28-13-16-4-6-17(7-5-16)22(25)26)21-19(24)27-12-2-3-15-8-10-20-11-9-15/h4-11,14H,2-3,12-13H2,1H3,(H,21,24). The highest BCUT2D eigenvalue weighted by atomic mass is 16.6. The highest BCUT2D eigenvalue weighted by Gasteiger charge is 2.18. The van der Waals surface area contributed by atoms with Gasteiger partial charge in [0.05, 0.1) is 11.5 Å². The molecule has 28 heavy (non-hydrogen) atoms. The number of pyridine rings is 1. The Morgan fingerprint density at radius 2 is 1.79 bits per heavy atom. The minimum atomic E-state index is -0.884. The fraction of sp³-hybridized carbons (Fsp3) is 0.316. The number of nitrogens with one attached hydrogen (secondary N) is 1. The van der Waals surface area contributed by atoms with Crippen molar-refractivity contribution in [1.29, 1.82) is 0 Å². The van der Waals surface area contributed by atoms with Gasteiger partial charge in [0, 0.05) is 24.5 Å². The van der Waals surface area contributed by atoms with Gasteiger partial charge in [-0.3, -0.25) is 15.1 Å². The number of hydrogen-bond donors (Lipinski definition) is 1. The predicted octanol–water partition coefficient (Wildman–Crippen LogP) is 2.78. The number of nitro groups is 1. The van der Waals surface area contributed by atoms with Crippen molar-refractivity contribution in [1.82, 2.24) is 10.3 Å². The SMILES string of the molecule is CC(NC(=O)OCCCc1ccncc1)C(=O)OCc1ccc([N+](=O)[O-])cc1. The van der Waals surface area contributed by atoms with E-state index in [1.807, 2.05) is 12.1 Å². The van der Waals surface area contributed by atoms with Crippen LogP contribution in [0.3, 0.4) is 0 Å². The van der Waals surface area contributed by atoms with Gasteiger partial charge in [-0.05, 0) is 55.2 Å². The fourth-order valence-corrected chi connectivity index (χ4v) is 2.26. The Labute approximate surface area is 161 Å². The van der Waals surface area contributed by atoms with Crippen LogP contribution in [0.1, 0.15) is 24.5 Å². The van der Waals surface area contributed by atoms with Crippen LogP contribution >= 0.6 is 0 Å². The highest BCUT2D eigenvalue weighted by Crippen LogP contribution is 2.12. The molecule has 0 aliphatic rings. The Morgan fingerprint density at radius 1 is 1.11 bits per heavy atom. The summed E-state index contributed by atoms with van der Waals surface area (Å²) in [7, 11) is 0. The highest BCUT2D eigenvalue weighted by molar-refractivity contribution is 5.80. The van der Waals surface area contributed by atoms with Crippen molar-refractivity contribution in [2.45, 2.75) is 32.4 Å². The topological polar surface area (TPSA) is 121 Å². The van der Waals surface area contributed by atoms with Crippen molar-refractivity contribution in [2.24, 2.45) is 0 Å². The molecule has 1 N–H and O–H groups in total. The molecule has 0 saturated heterocycles. The van der Waals surface area contributed by atoms with E-state index >= 15 is 0 Å². The third-order valence-corrected chi connectivity index (χ3v) is 3.81. The lowest BCUT2D eigenvalue weighted by Crippen LogP contribution is -2.39. The molecule has 0 aliphatic heterocycles. The van der Waals surface area contributed by atoms with E-state index in [1.54, 1.807) is 12.4 Å². The smallest absolute Gasteiger partial charge is 0.407 e. The summed E-state index contributed by atoms with van der Waals surface area (Å²) < 4.78 is 10.1. The number of nitro benzene ring substituents is 1. The molecular formula is C19H21N3O6. The number of esters is 1. The molecule has 1 heterocycles. The van der Waals surface area contributed by atoms with Gasteiger partial charge in [0.25, 0.3) is 5.69 Å². The van der Waals surface area contributed by atoms with Gasteiger partial charge in [-0.2, -0.15) is 0 Å². The van der Waals surface area contributed by atoms with Crippen molar-refractivity contribution in [3.8, 4) is 0 Å². The molecule has 0 fully saturated rings. The first kappa shape index (κ1) is 20.8. The molecule has 0 bridgehead atoms. The summed E-state index contributed by atoms with van der Waals surface area (Å²) in [5.41, 5.74) is 1.66. The van der Waals surface area contributed by atoms with E-state index in [-0.39, 0.29) is 18.9 Å². The summed E-state index contributed by atoms with van der Waals surface area (Å²) in [6.45, 7) is 1.65. The molecule has 1 atom stereocenters. The number of rotatable bonds is 9. The molecule has 1 amide bonds. The molecule has 0 aliphatic carbocycles. The minimum Gasteiger partial charge on any atom is -0.459 e. The van der Waals surface area contributed by atoms with Gasteiger partial charge in [0.1, 0.15) is 12.6 Å². The maximum absolute atomic E-state index is 11.9. The zero-order valence-electron chi connectivity index (χ0n) is 15.4. The molecular weight excluding hydrogens is 366 g/mol. The van der Waals surface area contributed by atoms with Gasteiger partial charge >= 0.3 is 12.1 Å². The van der Waals surface area contributed by atoms with Crippen LogP contribution in [0.4, 0.5) is 10.5 Å². The van der Waals surface area contributed by atoms with Crippen molar-refractivity contribution in [3.05, 3.63) is 70.0 Å². The van der Waals surface area contributed by atoms with E-state index in [2.05, 4.69) is 10.3 Å². The Hall–Kier alpha value is -3.49. The number of aryl methyl sites for hydroxylation is 1. The largest absolute Gasteiger partial charge is 0.459 e. The summed E-state index contributed by atoms with van der Waals surface area (Å²) in [5, 5.41) is 13.0. The van der Waals surface area contributed by atoms with Gasteiger partial charge in [-0.25, -0.2) is 9.59 Å². The Kier molecular flexibility index (Phi) is 7.89. The average Bonchev–Trinajstić information content (AvgIpc) is 2.70. The van der Waals surface area contributed by atoms with Crippen LogP contribution in [0.25, 0.3) is 0 Å². The molecule has 0 spiro atoms. The number of non-ortho nitro benzene ring substituents is 1. The van der Waals surface area contributed by atoms with E-state index in [4.69, 9.17) is 9.47 Å². The van der Waals surface area contributed by atoms with Gasteiger partial charge in [-0.1, -0.05) is 0 Å². The lowest BCUT2D eigenvalue weighted by Gasteiger charge is -2.13. The summed E-state index contributed by atoms with van der Waals surface area (Å²) in [6, 6.07) is 8.56. The van der Waals surface area contributed by atoms with E-state index in [0.717, 1.165) is 12.0 Å². The minimum absolute atomic E-state index is 0.0446. The van der Waals surface area contributed by atoms with Crippen molar-refractivity contribution < 1.29 is 24.0 Å². The number of carbonyl (C=O) groups excluding carboxylic acids is 2. The van der Waals surface area contributed by atoms with Gasteiger partial charge < -0.3 is 14.8 Å². The van der Waals surface area contributed by atoms with E-state index in [9.17, 15) is 19.7 Å². The van der Waals surface area contributed by atoms with E-state index in [1.165, 1.54) is 31.2 Å². The maximum Gasteiger partial charge on any atom is 0.407 e. The van der Waals surface area contributed by atoms with Crippen LogP contribution < -0.4 is 5.32 Å². The number of amides is 1. The second kappa shape index (κ2) is 10.6. The number of nitrogens with zero attached hydrogens (tertiary/aromatic N) is 2. The zero-order chi connectivity index (χ0) is 20.4. The van der Waals surface area contributed by atoms with Crippen LogP contribution in [0, 0.1) is 10.1 Å². The molecule has 9 nitrogen and oxygen atoms in total. The third kappa shape index (κ3) is 7.02. The Balaban J connectivity index is 1.65. The van der Waals surface area contributed by atoms with Crippen LogP contribution in [0.2, 0.25) is 0 Å². The summed E-state index contributed by atoms with van der Waals surface area (Å²) >= 11 is 0. The normalized spacial score (nSPS) is 11.3. The first-order chi connectivity index (χ1) is 13.5. The van der Waals surface area contributed by atoms with Gasteiger partial charge in [0.15, 0.2) is 0 Å². The summed E-state index contributed by atoms with van der Waals surface area (Å²) in [4.78, 5) is 37.7. The number of alkyl carbamates (subject to hydrolysis) is 1. The molecule has 2 aromatic rings. The number of aromatic nitrogens is 1. The van der Waals surface area contributed by atoms with Crippen LogP contribution in [-0.2, 0) is 27.3 Å². The van der Waals surface area contributed by atoms with Crippen LogP contribution in [-0.4, -0.2) is 34.6 Å². The molecule has 1 unspecified atom stereocenters. The molecule has 0 radical (unpaired) electrons. The Bertz CT molecular complexity index is 795. The van der Waals surface area contributed by atoms with Crippen molar-refractivity contribution in [3.63, 3.8) is 0 Å². The van der Waals surface area contributed by atoms with Crippen molar-refractivity contribution >= 4 is 17.7 Å². The first-order valence-corrected chi connectivity index (χ1v) is 8.68. The number of hydrogen-bond acceptors (Lipinski definition) is 7. The van der Waals surface area contributed by atoms with Gasteiger partial charge in [-0.15, -0.1) is 0 Å². The number of benzene rings is 1. The van der Waals surface area contributed by atoms with E-state index < -0.39 is 23.0 Å². The van der Waals surface area contributed by atoms with Gasteiger partial charge in [0.2, 0.25) is 0 Å². The monoisotopic (exact) mass is 387 g/mol. The van der Waals surface area contributed by atoms with E-state index in [0.29, 0.717) is 12.0 Å². The summed E-state index contributed by atoms with van der Waals surface area (Å²) in [5.74, 6) is -0.632. The number of ether oxygens (including phenoxy) is 2. The molecule has 9 heteroatoms. The quantitative estimate of drug-likeness (QED) is 0.304. The first-order valence-electron chi connectivity index (χ1n) is 8.68. The molecule has 0 saturated carbocycles. The third-order valence-electron chi connectivity index (χ3n) is 3.81. The molecule has 2 rings (SSSR count). The Morgan fingerprint density at radius 3 is 2.43 bits per heavy atom. The number of carbonyl (C=O) groups is 2. The van der Waals surface area contributed by atoms with Crippen LogP contribution in [0.5, 0.6) is 0 Å². The lowest BCUT2D eigenvalue weighted by molar-refractivity contribution is -0.384. The fourth-order valence-electron chi connectivity index (χ4n) is 2.26. The molecule has 1 aromatic carbocycles. The molecule has 1 aromatic heterocycles. The zero-order valence-corrected chi connectivity index (χ0v) is 15.4. The average molecular weight is 387 g/mol. The maximum atomic E-state index is 11.9. The van der Waals surface area contributed by atoms with Crippen molar-refractivity contribution in [2.75, 3.05) is 6.61 Å². The predicted molar refractivity (Wildman–Crippen MR) is 99.4 cm³/mol. The lowest BCUT2D eigenvalue weighted by atomic mass is 10.1. The van der Waals surface area contributed by atoms with Crippen LogP contribution in [0.15, 0.2) is 48.8 Å². The second-order valence-corrected chi connectivity index (χ2v) is 5.99. The second-order valence-electron chi connectivity index (χ2n) is 5.99.